The third kappa shape index (κ3) is 4.20. The Balaban J connectivity index is 1.89. The molecule has 1 amide bonds. The van der Waals surface area contributed by atoms with Crippen LogP contribution in [0.2, 0.25) is 0 Å². The molecule has 1 heterocycles. The van der Waals surface area contributed by atoms with Crippen molar-refractivity contribution < 1.29 is 17.6 Å². The summed E-state index contributed by atoms with van der Waals surface area (Å²) in [4.78, 5) is 12.7. The molecule has 0 atom stereocenters. The molecule has 0 unspecified atom stereocenters. The first kappa shape index (κ1) is 19.5. The van der Waals surface area contributed by atoms with Gasteiger partial charge in [0.1, 0.15) is 5.82 Å². The first-order chi connectivity index (χ1) is 12.8. The van der Waals surface area contributed by atoms with Crippen LogP contribution in [0.25, 0.3) is 0 Å². The molecule has 1 aliphatic rings. The predicted octanol–water partition coefficient (Wildman–Crippen LogP) is 3.87. The van der Waals surface area contributed by atoms with E-state index < -0.39 is 21.7 Å². The molecule has 0 aromatic heterocycles. The van der Waals surface area contributed by atoms with Crippen LogP contribution in [-0.4, -0.2) is 31.7 Å². The van der Waals surface area contributed by atoms with Crippen molar-refractivity contribution >= 4 is 21.6 Å². The second-order valence-electron chi connectivity index (χ2n) is 6.86. The van der Waals surface area contributed by atoms with Crippen LogP contribution in [0.1, 0.15) is 40.7 Å². The van der Waals surface area contributed by atoms with Crippen molar-refractivity contribution in [3.05, 3.63) is 58.9 Å². The van der Waals surface area contributed by atoms with Crippen molar-refractivity contribution in [3.63, 3.8) is 0 Å². The molecule has 0 spiro atoms. The van der Waals surface area contributed by atoms with E-state index in [1.165, 1.54) is 28.6 Å². The fourth-order valence-electron chi connectivity index (χ4n) is 3.24. The van der Waals surface area contributed by atoms with Gasteiger partial charge in [0, 0.05) is 24.3 Å². The maximum atomic E-state index is 13.5. The Morgan fingerprint density at radius 2 is 1.67 bits per heavy atom. The van der Waals surface area contributed by atoms with Gasteiger partial charge in [-0.1, -0.05) is 18.6 Å². The van der Waals surface area contributed by atoms with E-state index >= 15 is 0 Å². The minimum Gasteiger partial charge on any atom is -0.322 e. The van der Waals surface area contributed by atoms with Crippen molar-refractivity contribution in [2.24, 2.45) is 0 Å². The lowest BCUT2D eigenvalue weighted by atomic mass is 10.1. The normalized spacial score (nSPS) is 15.5. The summed E-state index contributed by atoms with van der Waals surface area (Å²) in [6, 6.07) is 8.80. The number of rotatable bonds is 4. The van der Waals surface area contributed by atoms with E-state index in [0.29, 0.717) is 29.9 Å². The summed E-state index contributed by atoms with van der Waals surface area (Å²) in [6.45, 7) is 4.48. The molecule has 27 heavy (non-hydrogen) atoms. The lowest BCUT2D eigenvalue weighted by molar-refractivity contribution is 0.102. The van der Waals surface area contributed by atoms with Gasteiger partial charge in [-0.05, 0) is 62.1 Å². The van der Waals surface area contributed by atoms with Crippen molar-refractivity contribution in [1.29, 1.82) is 0 Å². The smallest absolute Gasteiger partial charge is 0.256 e. The Morgan fingerprint density at radius 3 is 2.37 bits per heavy atom. The minimum atomic E-state index is -3.61. The molecule has 2 aromatic rings. The van der Waals surface area contributed by atoms with Crippen LogP contribution < -0.4 is 5.32 Å². The van der Waals surface area contributed by atoms with E-state index in [-0.39, 0.29) is 10.5 Å². The Kier molecular flexibility index (Phi) is 5.62. The molecular formula is C20H23FN2O3S. The number of piperidine rings is 1. The first-order valence-corrected chi connectivity index (χ1v) is 10.4. The average Bonchev–Trinajstić information content (AvgIpc) is 2.65. The minimum absolute atomic E-state index is 0.193. The lowest BCUT2D eigenvalue weighted by Crippen LogP contribution is -2.36. The van der Waals surface area contributed by atoms with Crippen molar-refractivity contribution in [1.82, 2.24) is 4.31 Å². The number of sulfonamides is 1. The van der Waals surface area contributed by atoms with Gasteiger partial charge in [-0.2, -0.15) is 4.31 Å². The highest BCUT2D eigenvalue weighted by Gasteiger charge is 2.27. The number of halogens is 1. The number of carbonyl (C=O) groups excluding carboxylic acids is 1. The third-order valence-corrected chi connectivity index (χ3v) is 6.86. The number of carbonyl (C=O) groups is 1. The number of nitrogens with zero attached hydrogens (tertiary/aromatic N) is 1. The highest BCUT2D eigenvalue weighted by molar-refractivity contribution is 7.89. The molecule has 0 saturated carbocycles. The second kappa shape index (κ2) is 7.78. The number of anilines is 1. The summed E-state index contributed by atoms with van der Waals surface area (Å²) in [5.41, 5.74) is 1.85. The van der Waals surface area contributed by atoms with Crippen LogP contribution in [0, 0.1) is 19.7 Å². The lowest BCUT2D eigenvalue weighted by Gasteiger charge is -2.26. The van der Waals surface area contributed by atoms with E-state index in [2.05, 4.69) is 5.32 Å². The van der Waals surface area contributed by atoms with Gasteiger partial charge in [0.25, 0.3) is 5.91 Å². The number of hydrogen-bond donors (Lipinski definition) is 1. The van der Waals surface area contributed by atoms with Gasteiger partial charge < -0.3 is 5.32 Å². The fraction of sp³-hybridized carbons (Fsp3) is 0.350. The van der Waals surface area contributed by atoms with E-state index in [9.17, 15) is 17.6 Å². The predicted molar refractivity (Wildman–Crippen MR) is 103 cm³/mol. The van der Waals surface area contributed by atoms with Gasteiger partial charge in [-0.25, -0.2) is 12.8 Å². The van der Waals surface area contributed by atoms with Crippen LogP contribution in [-0.2, 0) is 10.0 Å². The summed E-state index contributed by atoms with van der Waals surface area (Å²) in [5, 5.41) is 2.68. The number of hydrogen-bond acceptors (Lipinski definition) is 3. The number of benzene rings is 2. The summed E-state index contributed by atoms with van der Waals surface area (Å²) >= 11 is 0. The summed E-state index contributed by atoms with van der Waals surface area (Å²) in [5.74, 6) is -0.972. The molecule has 5 nitrogen and oxygen atoms in total. The quantitative estimate of drug-likeness (QED) is 0.862. The number of nitrogens with one attached hydrogen (secondary N) is 1. The molecule has 144 valence electrons. The third-order valence-electron chi connectivity index (χ3n) is 4.82. The maximum Gasteiger partial charge on any atom is 0.256 e. The SMILES string of the molecule is Cc1ccc(F)cc1C(=O)Nc1ccc(C)c(S(=O)(=O)N2CCCCC2)c1. The highest BCUT2D eigenvalue weighted by Crippen LogP contribution is 2.26. The van der Waals surface area contributed by atoms with Crippen LogP contribution >= 0.6 is 0 Å². The van der Waals surface area contributed by atoms with Gasteiger partial charge in [0.2, 0.25) is 10.0 Å². The van der Waals surface area contributed by atoms with Crippen LogP contribution in [0.5, 0.6) is 0 Å². The maximum absolute atomic E-state index is 13.5. The Bertz CT molecular complexity index is 967. The molecule has 3 rings (SSSR count). The molecule has 2 aromatic carbocycles. The van der Waals surface area contributed by atoms with Gasteiger partial charge in [-0.3, -0.25) is 4.79 Å². The van der Waals surface area contributed by atoms with E-state index in [4.69, 9.17) is 0 Å². The average molecular weight is 390 g/mol. The largest absolute Gasteiger partial charge is 0.322 e. The molecular weight excluding hydrogens is 367 g/mol. The Morgan fingerprint density at radius 1 is 1.00 bits per heavy atom. The molecule has 0 bridgehead atoms. The van der Waals surface area contributed by atoms with Crippen molar-refractivity contribution in [3.8, 4) is 0 Å². The molecule has 1 aliphatic heterocycles. The van der Waals surface area contributed by atoms with Crippen LogP contribution in [0.3, 0.4) is 0 Å². The zero-order chi connectivity index (χ0) is 19.6. The highest BCUT2D eigenvalue weighted by atomic mass is 32.2. The molecule has 1 fully saturated rings. The van der Waals surface area contributed by atoms with Crippen molar-refractivity contribution in [2.75, 3.05) is 18.4 Å². The second-order valence-corrected chi connectivity index (χ2v) is 8.76. The molecule has 0 aliphatic carbocycles. The molecule has 7 heteroatoms. The standard InChI is InChI=1S/C20H23FN2O3S/c1-14-6-8-16(21)12-18(14)20(24)22-17-9-7-15(2)19(13-17)27(25,26)23-10-4-3-5-11-23/h6-9,12-13H,3-5,10-11H2,1-2H3,(H,22,24). The monoisotopic (exact) mass is 390 g/mol. The summed E-state index contributed by atoms with van der Waals surface area (Å²) < 4.78 is 40.9. The number of aryl methyl sites for hydroxylation is 2. The van der Waals surface area contributed by atoms with Crippen LogP contribution in [0.15, 0.2) is 41.3 Å². The van der Waals surface area contributed by atoms with E-state index in [0.717, 1.165) is 19.3 Å². The zero-order valence-corrected chi connectivity index (χ0v) is 16.3. The van der Waals surface area contributed by atoms with Crippen molar-refractivity contribution in [2.45, 2.75) is 38.0 Å². The number of amides is 1. The molecule has 1 saturated heterocycles. The Labute approximate surface area is 159 Å². The fourth-order valence-corrected chi connectivity index (χ4v) is 5.01. The topological polar surface area (TPSA) is 66.5 Å². The Hall–Kier alpha value is -2.25. The first-order valence-electron chi connectivity index (χ1n) is 8.97. The van der Waals surface area contributed by atoms with Gasteiger partial charge in [-0.15, -0.1) is 0 Å². The van der Waals surface area contributed by atoms with E-state index in [1.54, 1.807) is 26.0 Å². The molecule has 0 radical (unpaired) electrons. The van der Waals surface area contributed by atoms with Gasteiger partial charge in [0.15, 0.2) is 0 Å². The molecule has 1 N–H and O–H groups in total. The van der Waals surface area contributed by atoms with E-state index in [1.807, 2.05) is 0 Å². The zero-order valence-electron chi connectivity index (χ0n) is 15.5. The van der Waals surface area contributed by atoms with Gasteiger partial charge >= 0.3 is 0 Å². The summed E-state index contributed by atoms with van der Waals surface area (Å²) in [7, 11) is -3.61. The van der Waals surface area contributed by atoms with Crippen LogP contribution in [0.4, 0.5) is 10.1 Å². The van der Waals surface area contributed by atoms with Gasteiger partial charge in [0.05, 0.1) is 4.90 Å². The summed E-state index contributed by atoms with van der Waals surface area (Å²) in [6.07, 6.45) is 2.75.